The molecule has 0 saturated carbocycles. The summed E-state index contributed by atoms with van der Waals surface area (Å²) in [6, 6.07) is 8.02. The normalized spacial score (nSPS) is 15.7. The number of anilines is 1. The molecule has 0 aromatic heterocycles. The maximum atomic E-state index is 12.8. The number of aromatic hydroxyl groups is 1. The van der Waals surface area contributed by atoms with E-state index in [0.717, 1.165) is 37.5 Å². The molecule has 2 aromatic rings. The first-order chi connectivity index (χ1) is 13.6. The smallest absolute Gasteiger partial charge is 0.312 e. The topological polar surface area (TPSA) is 147 Å². The van der Waals surface area contributed by atoms with Crippen LogP contribution in [0.15, 0.2) is 52.3 Å². The van der Waals surface area contributed by atoms with Crippen molar-refractivity contribution in [1.29, 1.82) is 0 Å². The molecule has 156 valence electrons. The van der Waals surface area contributed by atoms with Crippen LogP contribution in [0.4, 0.5) is 11.4 Å². The Morgan fingerprint density at radius 2 is 1.66 bits per heavy atom. The monoisotopic (exact) mass is 441 g/mol. The van der Waals surface area contributed by atoms with Gasteiger partial charge in [-0.1, -0.05) is 12.5 Å². The highest BCUT2D eigenvalue weighted by molar-refractivity contribution is 7.92. The van der Waals surface area contributed by atoms with Crippen molar-refractivity contribution in [3.8, 4) is 5.75 Å². The summed E-state index contributed by atoms with van der Waals surface area (Å²) in [7, 11) is -8.00. The van der Waals surface area contributed by atoms with Crippen molar-refractivity contribution < 1.29 is 26.9 Å². The number of sulfonamides is 2. The van der Waals surface area contributed by atoms with Gasteiger partial charge in [-0.2, -0.15) is 4.31 Å². The average molecular weight is 441 g/mol. The second-order valence-corrected chi connectivity index (χ2v) is 10.1. The molecule has 12 heteroatoms. The quantitative estimate of drug-likeness (QED) is 0.516. The largest absolute Gasteiger partial charge is 0.502 e. The molecule has 2 aromatic carbocycles. The van der Waals surface area contributed by atoms with Crippen LogP contribution in [0, 0.1) is 10.1 Å². The van der Waals surface area contributed by atoms with Crippen LogP contribution in [-0.4, -0.2) is 44.3 Å². The standard InChI is InChI=1S/C17H19N3O7S2/c21-17-8-7-14(12-16(17)20(22)23)28(24,25)18-13-5-4-6-15(11-13)29(26,27)19-9-2-1-3-10-19/h4-8,11-12,18,21H,1-3,9-10H2. The highest BCUT2D eigenvalue weighted by Gasteiger charge is 2.27. The number of hydrogen-bond acceptors (Lipinski definition) is 7. The minimum atomic E-state index is -4.25. The van der Waals surface area contributed by atoms with Crippen LogP contribution in [-0.2, 0) is 20.0 Å². The van der Waals surface area contributed by atoms with E-state index in [1.165, 1.54) is 28.6 Å². The number of piperidine rings is 1. The predicted molar refractivity (Wildman–Crippen MR) is 105 cm³/mol. The van der Waals surface area contributed by atoms with Gasteiger partial charge in [0, 0.05) is 19.2 Å². The van der Waals surface area contributed by atoms with E-state index in [9.17, 15) is 32.1 Å². The molecule has 0 bridgehead atoms. The molecule has 1 aliphatic heterocycles. The molecule has 1 heterocycles. The van der Waals surface area contributed by atoms with Gasteiger partial charge in [0.2, 0.25) is 10.0 Å². The predicted octanol–water partition coefficient (Wildman–Crippen LogP) is 2.28. The summed E-state index contributed by atoms with van der Waals surface area (Å²) in [5.41, 5.74) is -0.756. The van der Waals surface area contributed by atoms with Gasteiger partial charge in [-0.15, -0.1) is 0 Å². The Kier molecular flexibility index (Phi) is 5.78. The zero-order valence-corrected chi connectivity index (χ0v) is 16.8. The molecule has 3 rings (SSSR count). The molecule has 29 heavy (non-hydrogen) atoms. The zero-order chi connectivity index (χ0) is 21.2. The molecule has 0 aliphatic carbocycles. The van der Waals surface area contributed by atoms with Gasteiger partial charge in [-0.3, -0.25) is 14.8 Å². The minimum Gasteiger partial charge on any atom is -0.502 e. The fourth-order valence-electron chi connectivity index (χ4n) is 3.01. The fraction of sp³-hybridized carbons (Fsp3) is 0.294. The van der Waals surface area contributed by atoms with E-state index >= 15 is 0 Å². The van der Waals surface area contributed by atoms with Crippen LogP contribution in [0.3, 0.4) is 0 Å². The lowest BCUT2D eigenvalue weighted by Crippen LogP contribution is -2.35. The van der Waals surface area contributed by atoms with Crippen molar-refractivity contribution >= 4 is 31.4 Å². The molecule has 0 spiro atoms. The fourth-order valence-corrected chi connectivity index (χ4v) is 5.64. The molecule has 1 aliphatic rings. The van der Waals surface area contributed by atoms with Crippen LogP contribution in [0.5, 0.6) is 5.75 Å². The van der Waals surface area contributed by atoms with Crippen molar-refractivity contribution in [1.82, 2.24) is 4.31 Å². The van der Waals surface area contributed by atoms with E-state index in [-0.39, 0.29) is 10.6 Å². The third kappa shape index (κ3) is 4.49. The van der Waals surface area contributed by atoms with E-state index in [0.29, 0.717) is 13.1 Å². The number of nitrogens with zero attached hydrogens (tertiary/aromatic N) is 2. The van der Waals surface area contributed by atoms with Crippen molar-refractivity contribution in [3.63, 3.8) is 0 Å². The average Bonchev–Trinajstić information content (AvgIpc) is 2.68. The Balaban J connectivity index is 1.90. The molecule has 1 fully saturated rings. The number of phenols is 1. The van der Waals surface area contributed by atoms with Gasteiger partial charge in [-0.05, 0) is 43.2 Å². The Labute approximate surface area is 168 Å². The van der Waals surface area contributed by atoms with Crippen molar-refractivity contribution in [2.24, 2.45) is 0 Å². The van der Waals surface area contributed by atoms with Crippen molar-refractivity contribution in [3.05, 3.63) is 52.6 Å². The van der Waals surface area contributed by atoms with Crippen molar-refractivity contribution in [2.45, 2.75) is 29.1 Å². The molecule has 10 nitrogen and oxygen atoms in total. The maximum absolute atomic E-state index is 12.8. The third-order valence-corrected chi connectivity index (χ3v) is 7.77. The van der Waals surface area contributed by atoms with E-state index in [1.807, 2.05) is 0 Å². The number of benzene rings is 2. The Morgan fingerprint density at radius 3 is 2.31 bits per heavy atom. The van der Waals surface area contributed by atoms with Gasteiger partial charge in [0.05, 0.1) is 20.4 Å². The summed E-state index contributed by atoms with van der Waals surface area (Å²) in [5.74, 6) is -0.663. The lowest BCUT2D eigenvalue weighted by molar-refractivity contribution is -0.386. The van der Waals surface area contributed by atoms with Gasteiger partial charge in [-0.25, -0.2) is 16.8 Å². The first kappa shape index (κ1) is 21.0. The minimum absolute atomic E-state index is 0.00110. The van der Waals surface area contributed by atoms with Gasteiger partial charge in [0.1, 0.15) is 0 Å². The summed E-state index contributed by atoms with van der Waals surface area (Å²) in [4.78, 5) is 9.54. The van der Waals surface area contributed by atoms with Gasteiger partial charge >= 0.3 is 5.69 Å². The number of phenolic OH excluding ortho intramolecular Hbond substituents is 1. The lowest BCUT2D eigenvalue weighted by atomic mass is 10.2. The first-order valence-electron chi connectivity index (χ1n) is 8.72. The molecule has 0 amide bonds. The highest BCUT2D eigenvalue weighted by atomic mass is 32.2. The molecule has 0 radical (unpaired) electrons. The summed E-state index contributed by atoms with van der Waals surface area (Å²) < 4.78 is 54.3. The number of hydrogen-bond donors (Lipinski definition) is 2. The lowest BCUT2D eigenvalue weighted by Gasteiger charge is -2.26. The van der Waals surface area contributed by atoms with E-state index < -0.39 is 41.3 Å². The first-order valence-corrected chi connectivity index (χ1v) is 11.6. The van der Waals surface area contributed by atoms with Crippen LogP contribution >= 0.6 is 0 Å². The molecule has 0 atom stereocenters. The Hall–Kier alpha value is -2.70. The third-order valence-electron chi connectivity index (χ3n) is 4.49. The maximum Gasteiger partial charge on any atom is 0.312 e. The van der Waals surface area contributed by atoms with Gasteiger partial charge in [0.25, 0.3) is 10.0 Å². The number of nitro groups is 1. The number of nitro benzene ring substituents is 1. The summed E-state index contributed by atoms with van der Waals surface area (Å²) in [6.07, 6.45) is 2.50. The second kappa shape index (κ2) is 7.97. The van der Waals surface area contributed by atoms with E-state index in [2.05, 4.69) is 4.72 Å². The molecule has 1 saturated heterocycles. The van der Waals surface area contributed by atoms with Gasteiger partial charge < -0.3 is 5.11 Å². The summed E-state index contributed by atoms with van der Waals surface area (Å²) >= 11 is 0. The van der Waals surface area contributed by atoms with E-state index in [1.54, 1.807) is 0 Å². The van der Waals surface area contributed by atoms with Crippen LogP contribution in [0.1, 0.15) is 19.3 Å². The van der Waals surface area contributed by atoms with Crippen LogP contribution in [0.25, 0.3) is 0 Å². The molecule has 0 unspecified atom stereocenters. The van der Waals surface area contributed by atoms with Gasteiger partial charge in [0.15, 0.2) is 5.75 Å². The van der Waals surface area contributed by atoms with Crippen LogP contribution < -0.4 is 4.72 Å². The summed E-state index contributed by atoms with van der Waals surface area (Å²) in [5, 5.41) is 20.4. The van der Waals surface area contributed by atoms with E-state index in [4.69, 9.17) is 0 Å². The molecular formula is C17H19N3O7S2. The number of nitrogens with one attached hydrogen (secondary N) is 1. The summed E-state index contributed by atoms with van der Waals surface area (Å²) in [6.45, 7) is 0.824. The zero-order valence-electron chi connectivity index (χ0n) is 15.2. The molecular weight excluding hydrogens is 422 g/mol. The Bertz CT molecular complexity index is 1140. The molecule has 2 N–H and O–H groups in total. The highest BCUT2D eigenvalue weighted by Crippen LogP contribution is 2.29. The second-order valence-electron chi connectivity index (χ2n) is 6.51. The SMILES string of the molecule is O=[N+]([O-])c1cc(S(=O)(=O)Nc2cccc(S(=O)(=O)N3CCCCC3)c2)ccc1O. The van der Waals surface area contributed by atoms with Crippen LogP contribution in [0.2, 0.25) is 0 Å². The number of rotatable bonds is 6. The van der Waals surface area contributed by atoms with Crippen molar-refractivity contribution in [2.75, 3.05) is 17.8 Å². The Morgan fingerprint density at radius 1 is 0.966 bits per heavy atom.